The fourth-order valence-electron chi connectivity index (χ4n) is 2.09. The second-order valence-corrected chi connectivity index (χ2v) is 5.79. The lowest BCUT2D eigenvalue weighted by molar-refractivity contribution is 0.0656. The van der Waals surface area contributed by atoms with Crippen LogP contribution in [0.15, 0.2) is 11.4 Å². The lowest BCUT2D eigenvalue weighted by Gasteiger charge is -2.34. The van der Waals surface area contributed by atoms with E-state index in [1.807, 2.05) is 16.3 Å². The first-order chi connectivity index (χ1) is 9.11. The highest BCUT2D eigenvalue weighted by Crippen LogP contribution is 2.26. The molecule has 5 nitrogen and oxygen atoms in total. The third kappa shape index (κ3) is 3.43. The normalized spacial score (nSPS) is 16.4. The maximum atomic E-state index is 12.4. The van der Waals surface area contributed by atoms with Crippen molar-refractivity contribution in [1.29, 1.82) is 0 Å². The monoisotopic (exact) mass is 299 g/mol. The van der Waals surface area contributed by atoms with Crippen molar-refractivity contribution in [2.75, 3.05) is 39.8 Å². The van der Waals surface area contributed by atoms with E-state index in [1.54, 1.807) is 7.11 Å². The third-order valence-corrected chi connectivity index (χ3v) is 4.09. The number of thiophene rings is 1. The van der Waals surface area contributed by atoms with Gasteiger partial charge in [0.1, 0.15) is 10.6 Å². The Kier molecular flexibility index (Phi) is 4.73. The van der Waals surface area contributed by atoms with Gasteiger partial charge in [0, 0.05) is 32.7 Å². The van der Waals surface area contributed by atoms with Crippen LogP contribution in [0.25, 0.3) is 0 Å². The summed E-state index contributed by atoms with van der Waals surface area (Å²) in [5, 5.41) is 1.87. The molecule has 1 aliphatic rings. The molecule has 0 atom stereocenters. The Bertz CT molecular complexity index is 467. The molecule has 1 aromatic rings. The Morgan fingerprint density at radius 3 is 2.74 bits per heavy atom. The van der Waals surface area contributed by atoms with Crippen molar-refractivity contribution < 1.29 is 9.53 Å². The van der Waals surface area contributed by atoms with Crippen LogP contribution in [0, 0.1) is 0 Å². The van der Waals surface area contributed by atoms with E-state index in [0.717, 1.165) is 13.1 Å². The number of methoxy groups -OCH3 is 1. The fourth-order valence-corrected chi connectivity index (χ4v) is 3.09. The lowest BCUT2D eigenvalue weighted by atomic mass is 10.3. The predicted octanol–water partition coefficient (Wildman–Crippen LogP) is 0.801. The molecule has 0 aliphatic carbocycles. The van der Waals surface area contributed by atoms with Gasteiger partial charge in [0.15, 0.2) is 0 Å². The van der Waals surface area contributed by atoms with Crippen LogP contribution in [0.5, 0.6) is 5.75 Å². The van der Waals surface area contributed by atoms with Crippen LogP contribution in [-0.2, 0) is 0 Å². The molecule has 1 saturated heterocycles. The summed E-state index contributed by atoms with van der Waals surface area (Å²) in [6.07, 6.45) is 0. The molecule has 0 radical (unpaired) electrons. The van der Waals surface area contributed by atoms with Crippen LogP contribution >= 0.6 is 23.6 Å². The topological polar surface area (TPSA) is 58.8 Å². The average Bonchev–Trinajstić information content (AvgIpc) is 2.86. The molecule has 104 valence electrons. The Hall–Kier alpha value is -1.18. The standard InChI is InChI=1S/C12H17N3O2S2/c1-17-9-2-7-19-11(9)12(16)15-5-3-14(4-6-15)8-10(13)18/h2,7H,3-6,8H2,1H3,(H2,13,18). The summed E-state index contributed by atoms with van der Waals surface area (Å²) in [6, 6.07) is 1.82. The van der Waals surface area contributed by atoms with Gasteiger partial charge in [0.2, 0.25) is 0 Å². The molecule has 2 rings (SSSR count). The first-order valence-electron chi connectivity index (χ1n) is 6.03. The molecule has 0 aromatic carbocycles. The molecular weight excluding hydrogens is 282 g/mol. The van der Waals surface area contributed by atoms with Crippen molar-refractivity contribution in [3.63, 3.8) is 0 Å². The van der Waals surface area contributed by atoms with Gasteiger partial charge in [-0.2, -0.15) is 0 Å². The maximum absolute atomic E-state index is 12.4. The highest BCUT2D eigenvalue weighted by molar-refractivity contribution is 7.80. The fraction of sp³-hybridized carbons (Fsp3) is 0.500. The van der Waals surface area contributed by atoms with Gasteiger partial charge in [-0.15, -0.1) is 11.3 Å². The Morgan fingerprint density at radius 1 is 1.47 bits per heavy atom. The summed E-state index contributed by atoms with van der Waals surface area (Å²) in [6.45, 7) is 3.62. The van der Waals surface area contributed by atoms with Crippen LogP contribution in [0.4, 0.5) is 0 Å². The summed E-state index contributed by atoms with van der Waals surface area (Å²) in [5.74, 6) is 0.697. The zero-order chi connectivity index (χ0) is 13.8. The van der Waals surface area contributed by atoms with Crippen molar-refractivity contribution in [3.8, 4) is 5.75 Å². The molecule has 2 N–H and O–H groups in total. The van der Waals surface area contributed by atoms with Crippen LogP contribution in [0.3, 0.4) is 0 Å². The number of hydrogen-bond donors (Lipinski definition) is 1. The quantitative estimate of drug-likeness (QED) is 0.834. The largest absolute Gasteiger partial charge is 0.495 e. The lowest BCUT2D eigenvalue weighted by Crippen LogP contribution is -2.50. The summed E-state index contributed by atoms with van der Waals surface area (Å²) in [5.41, 5.74) is 5.53. The predicted molar refractivity (Wildman–Crippen MR) is 80.0 cm³/mol. The molecule has 1 amide bonds. The Morgan fingerprint density at radius 2 is 2.16 bits per heavy atom. The van der Waals surface area contributed by atoms with Gasteiger partial charge in [-0.05, 0) is 11.4 Å². The van der Waals surface area contributed by atoms with Crippen LogP contribution < -0.4 is 10.5 Å². The number of carbonyl (C=O) groups is 1. The van der Waals surface area contributed by atoms with Gasteiger partial charge in [-0.25, -0.2) is 0 Å². The molecule has 2 heterocycles. The van der Waals surface area contributed by atoms with E-state index < -0.39 is 0 Å². The van der Waals surface area contributed by atoms with Crippen LogP contribution in [0.2, 0.25) is 0 Å². The minimum absolute atomic E-state index is 0.0434. The van der Waals surface area contributed by atoms with Crippen LogP contribution in [-0.4, -0.2) is 60.5 Å². The van der Waals surface area contributed by atoms with Gasteiger partial charge in [0.05, 0.1) is 12.1 Å². The Labute approximate surface area is 121 Å². The Balaban J connectivity index is 1.94. The number of amides is 1. The first-order valence-corrected chi connectivity index (χ1v) is 7.32. The molecule has 1 aliphatic heterocycles. The molecule has 0 saturated carbocycles. The van der Waals surface area contributed by atoms with Gasteiger partial charge in [0.25, 0.3) is 5.91 Å². The van der Waals surface area contributed by atoms with E-state index in [-0.39, 0.29) is 5.91 Å². The first kappa shape index (κ1) is 14.2. The molecule has 19 heavy (non-hydrogen) atoms. The molecular formula is C12H17N3O2S2. The average molecular weight is 299 g/mol. The summed E-state index contributed by atoms with van der Waals surface area (Å²) in [4.78, 5) is 17.5. The molecule has 0 unspecified atom stereocenters. The van der Waals surface area contributed by atoms with Crippen molar-refractivity contribution in [2.45, 2.75) is 0 Å². The number of carbonyl (C=O) groups excluding carboxylic acids is 1. The van der Waals surface area contributed by atoms with Crippen molar-refractivity contribution in [2.24, 2.45) is 5.73 Å². The summed E-state index contributed by atoms with van der Waals surface area (Å²) in [7, 11) is 1.58. The minimum atomic E-state index is 0.0434. The SMILES string of the molecule is COc1ccsc1C(=O)N1CCN(CC(N)=S)CC1. The van der Waals surface area contributed by atoms with E-state index >= 15 is 0 Å². The maximum Gasteiger partial charge on any atom is 0.267 e. The zero-order valence-corrected chi connectivity index (χ0v) is 12.4. The van der Waals surface area contributed by atoms with E-state index in [0.29, 0.717) is 35.2 Å². The molecule has 0 spiro atoms. The number of rotatable bonds is 4. The molecule has 1 aromatic heterocycles. The summed E-state index contributed by atoms with van der Waals surface area (Å²) >= 11 is 6.31. The number of ether oxygens (including phenoxy) is 1. The summed E-state index contributed by atoms with van der Waals surface area (Å²) < 4.78 is 5.19. The second-order valence-electron chi connectivity index (χ2n) is 4.35. The van der Waals surface area contributed by atoms with E-state index in [9.17, 15) is 4.79 Å². The van der Waals surface area contributed by atoms with Gasteiger partial charge in [-0.1, -0.05) is 12.2 Å². The number of nitrogens with zero attached hydrogens (tertiary/aromatic N) is 2. The number of thiocarbonyl (C=S) groups is 1. The number of piperazine rings is 1. The van der Waals surface area contributed by atoms with Gasteiger partial charge in [-0.3, -0.25) is 9.69 Å². The molecule has 7 heteroatoms. The molecule has 1 fully saturated rings. The van der Waals surface area contributed by atoms with Crippen LogP contribution in [0.1, 0.15) is 9.67 Å². The van der Waals surface area contributed by atoms with Gasteiger partial charge < -0.3 is 15.4 Å². The zero-order valence-electron chi connectivity index (χ0n) is 10.8. The number of nitrogens with two attached hydrogens (primary N) is 1. The van der Waals surface area contributed by atoms with Crippen molar-refractivity contribution in [3.05, 3.63) is 16.3 Å². The van der Waals surface area contributed by atoms with Gasteiger partial charge >= 0.3 is 0 Å². The van der Waals surface area contributed by atoms with E-state index in [2.05, 4.69) is 4.90 Å². The molecule has 0 bridgehead atoms. The number of hydrogen-bond acceptors (Lipinski definition) is 5. The van der Waals surface area contributed by atoms with E-state index in [1.165, 1.54) is 11.3 Å². The second kappa shape index (κ2) is 6.31. The minimum Gasteiger partial charge on any atom is -0.495 e. The third-order valence-electron chi connectivity index (χ3n) is 3.08. The van der Waals surface area contributed by atoms with Crippen molar-refractivity contribution >= 4 is 34.5 Å². The highest BCUT2D eigenvalue weighted by Gasteiger charge is 2.25. The highest BCUT2D eigenvalue weighted by atomic mass is 32.1. The van der Waals surface area contributed by atoms with E-state index in [4.69, 9.17) is 22.7 Å². The van der Waals surface area contributed by atoms with Crippen molar-refractivity contribution in [1.82, 2.24) is 9.80 Å². The smallest absolute Gasteiger partial charge is 0.267 e.